The summed E-state index contributed by atoms with van der Waals surface area (Å²) in [6, 6.07) is 13.9. The molecule has 4 atom stereocenters. The molecule has 1 aliphatic rings. The second-order valence-electron chi connectivity index (χ2n) is 15.0. The van der Waals surface area contributed by atoms with E-state index in [0.717, 1.165) is 30.4 Å². The minimum Gasteiger partial charge on any atom is -0.461 e. The number of piperidine rings is 1. The van der Waals surface area contributed by atoms with Gasteiger partial charge in [0.1, 0.15) is 36.4 Å². The minimum absolute atomic E-state index is 0.0189. The number of ether oxygens (including phenoxy) is 2. The Morgan fingerprint density at radius 1 is 0.774 bits per heavy atom. The molecule has 2 unspecified atom stereocenters. The zero-order chi connectivity index (χ0) is 39.3. The quantitative estimate of drug-likeness (QED) is 0.260. The molecule has 1 fully saturated rings. The fourth-order valence-electron chi connectivity index (χ4n) is 6.29. The molecular weight excluding hydrogens is 678 g/mol. The van der Waals surface area contributed by atoms with Crippen molar-refractivity contribution in [2.45, 2.75) is 110 Å². The van der Waals surface area contributed by atoms with Crippen molar-refractivity contribution in [1.29, 1.82) is 0 Å². The van der Waals surface area contributed by atoms with Gasteiger partial charge in [-0.05, 0) is 64.0 Å². The third-order valence-corrected chi connectivity index (χ3v) is 9.04. The van der Waals surface area contributed by atoms with Gasteiger partial charge in [-0.1, -0.05) is 74.5 Å². The molecule has 0 bridgehead atoms. The van der Waals surface area contributed by atoms with Gasteiger partial charge in [0.15, 0.2) is 0 Å². The second-order valence-corrected chi connectivity index (χ2v) is 15.0. The Morgan fingerprint density at radius 3 is 1.89 bits per heavy atom. The molecule has 1 aliphatic heterocycles. The highest BCUT2D eigenvalue weighted by atomic mass is 16.6. The molecule has 0 aromatic heterocycles. The van der Waals surface area contributed by atoms with Crippen LogP contribution in [0.5, 0.6) is 0 Å². The molecule has 13 nitrogen and oxygen atoms in total. The zero-order valence-electron chi connectivity index (χ0n) is 32.4. The molecule has 53 heavy (non-hydrogen) atoms. The highest BCUT2D eigenvalue weighted by Crippen LogP contribution is 2.19. The van der Waals surface area contributed by atoms with Gasteiger partial charge in [-0.15, -0.1) is 0 Å². The van der Waals surface area contributed by atoms with Crippen LogP contribution in [0.3, 0.4) is 0 Å². The summed E-state index contributed by atoms with van der Waals surface area (Å²) in [7, 11) is 2.97. The van der Waals surface area contributed by atoms with Crippen molar-refractivity contribution in [1.82, 2.24) is 25.3 Å². The van der Waals surface area contributed by atoms with Gasteiger partial charge in [-0.25, -0.2) is 4.79 Å². The minimum atomic E-state index is -1.21. The van der Waals surface area contributed by atoms with Crippen molar-refractivity contribution in [3.8, 4) is 0 Å². The lowest BCUT2D eigenvalue weighted by Crippen LogP contribution is -2.60. The Kier molecular flexibility index (Phi) is 15.8. The average Bonchev–Trinajstić information content (AvgIpc) is 3.11. The van der Waals surface area contributed by atoms with E-state index in [1.165, 1.54) is 30.8 Å². The van der Waals surface area contributed by atoms with E-state index < -0.39 is 65.5 Å². The molecule has 2 aromatic carbocycles. The number of rotatable bonds is 15. The maximum absolute atomic E-state index is 14.4. The number of hydrogen-bond acceptors (Lipinski definition) is 8. The number of esters is 1. The molecule has 2 N–H and O–H groups in total. The van der Waals surface area contributed by atoms with Crippen LogP contribution in [0.25, 0.3) is 0 Å². The average molecular weight is 736 g/mol. The number of hydrogen-bond donors (Lipinski definition) is 2. The first-order valence-electron chi connectivity index (χ1n) is 18.3. The molecule has 3 rings (SSSR count). The maximum Gasteiger partial charge on any atom is 0.408 e. The van der Waals surface area contributed by atoms with Gasteiger partial charge in [0, 0.05) is 33.6 Å². The van der Waals surface area contributed by atoms with Crippen molar-refractivity contribution in [3.05, 3.63) is 71.8 Å². The zero-order valence-corrected chi connectivity index (χ0v) is 32.4. The third kappa shape index (κ3) is 13.2. The summed E-state index contributed by atoms with van der Waals surface area (Å²) in [5, 5.41) is 5.33. The van der Waals surface area contributed by atoms with Gasteiger partial charge in [0.25, 0.3) is 0 Å². The van der Waals surface area contributed by atoms with Crippen LogP contribution in [-0.4, -0.2) is 107 Å². The van der Waals surface area contributed by atoms with Crippen LogP contribution in [0.2, 0.25) is 0 Å². The molecular formula is C40H57N5O8. The molecule has 1 heterocycles. The maximum atomic E-state index is 14.4. The molecule has 290 valence electrons. The Bertz CT molecular complexity index is 1540. The van der Waals surface area contributed by atoms with Crippen molar-refractivity contribution < 1.29 is 38.2 Å². The van der Waals surface area contributed by atoms with Crippen LogP contribution < -0.4 is 10.6 Å². The van der Waals surface area contributed by atoms with E-state index in [0.29, 0.717) is 13.1 Å². The van der Waals surface area contributed by atoms with Crippen molar-refractivity contribution in [2.24, 2.45) is 5.92 Å². The van der Waals surface area contributed by atoms with E-state index in [1.807, 2.05) is 60.7 Å². The van der Waals surface area contributed by atoms with Gasteiger partial charge in [0.05, 0.1) is 6.42 Å². The molecule has 13 heteroatoms. The molecule has 0 spiro atoms. The Balaban J connectivity index is 1.85. The number of carbonyl (C=O) groups is 6. The monoisotopic (exact) mass is 735 g/mol. The lowest BCUT2D eigenvalue weighted by Gasteiger charge is -2.37. The third-order valence-electron chi connectivity index (χ3n) is 9.04. The number of nitrogens with one attached hydrogen (secondary N) is 2. The molecule has 1 saturated heterocycles. The number of benzene rings is 2. The summed E-state index contributed by atoms with van der Waals surface area (Å²) < 4.78 is 10.8. The highest BCUT2D eigenvalue weighted by molar-refractivity contribution is 5.96. The van der Waals surface area contributed by atoms with E-state index in [4.69, 9.17) is 9.47 Å². The first kappa shape index (κ1) is 42.5. The Labute approximate surface area is 313 Å². The van der Waals surface area contributed by atoms with E-state index in [9.17, 15) is 28.8 Å². The van der Waals surface area contributed by atoms with E-state index >= 15 is 0 Å². The summed E-state index contributed by atoms with van der Waals surface area (Å²) in [5.41, 5.74) is 0.783. The summed E-state index contributed by atoms with van der Waals surface area (Å²) in [6.45, 7) is 11.2. The number of nitrogens with zero attached hydrogens (tertiary/aromatic N) is 3. The van der Waals surface area contributed by atoms with Crippen LogP contribution in [0.4, 0.5) is 4.79 Å². The number of carbonyl (C=O) groups excluding carboxylic acids is 6. The van der Waals surface area contributed by atoms with E-state index in [1.54, 1.807) is 39.5 Å². The van der Waals surface area contributed by atoms with Crippen molar-refractivity contribution in [3.63, 3.8) is 0 Å². The van der Waals surface area contributed by atoms with E-state index in [2.05, 4.69) is 10.6 Å². The SMILES string of the molecule is CC(C)[C@@H](C(=O)NC(CC(=O)OCc1ccccc1)C(=O)N1CCCCC1)N(C)C(=O)C(Cc1ccccc1)N(C)C(=O)[C@H](C)NC(=O)OC(C)(C)C. The standard InChI is InChI=1S/C40H57N5O8/c1-27(2)34(35(47)42-31(37(49)45-22-16-11-17-23-45)25-33(46)52-26-30-20-14-10-15-21-30)44(8)38(50)32(24-29-18-12-9-13-19-29)43(7)36(48)28(3)41-39(51)53-40(4,5)6/h9-10,12-15,18-21,27-28,31-32,34H,11,16-17,22-26H2,1-8H3,(H,41,51)(H,42,47)/t28-,31?,32?,34-/m0/s1. The lowest BCUT2D eigenvalue weighted by molar-refractivity contribution is -0.151. The summed E-state index contributed by atoms with van der Waals surface area (Å²) in [4.78, 5) is 85.8. The fraction of sp³-hybridized carbons (Fsp3) is 0.550. The smallest absolute Gasteiger partial charge is 0.408 e. The first-order valence-corrected chi connectivity index (χ1v) is 18.3. The van der Waals surface area contributed by atoms with Gasteiger partial charge in [0.2, 0.25) is 23.6 Å². The Hall–Kier alpha value is -4.94. The normalized spacial score (nSPS) is 15.3. The van der Waals surface area contributed by atoms with Crippen LogP contribution >= 0.6 is 0 Å². The van der Waals surface area contributed by atoms with Crippen LogP contribution in [-0.2, 0) is 46.5 Å². The number of likely N-dealkylation sites (tertiary alicyclic amines) is 1. The lowest BCUT2D eigenvalue weighted by atomic mass is 9.97. The largest absolute Gasteiger partial charge is 0.461 e. The molecule has 0 saturated carbocycles. The molecule has 5 amide bonds. The number of amides is 5. The van der Waals surface area contributed by atoms with Crippen LogP contribution in [0.1, 0.15) is 78.4 Å². The van der Waals surface area contributed by atoms with E-state index in [-0.39, 0.29) is 25.4 Å². The summed E-state index contributed by atoms with van der Waals surface area (Å²) >= 11 is 0. The van der Waals surface area contributed by atoms with Gasteiger partial charge >= 0.3 is 12.1 Å². The predicted molar refractivity (Wildman–Crippen MR) is 200 cm³/mol. The second kappa shape index (κ2) is 19.8. The van der Waals surface area contributed by atoms with Crippen molar-refractivity contribution in [2.75, 3.05) is 27.2 Å². The van der Waals surface area contributed by atoms with Crippen LogP contribution in [0, 0.1) is 5.92 Å². The number of likely N-dealkylation sites (N-methyl/N-ethyl adjacent to an activating group) is 2. The Morgan fingerprint density at radius 2 is 1.34 bits per heavy atom. The summed E-state index contributed by atoms with van der Waals surface area (Å²) in [5.74, 6) is -3.13. The fourth-order valence-corrected chi connectivity index (χ4v) is 6.29. The highest BCUT2D eigenvalue weighted by Gasteiger charge is 2.39. The molecule has 0 radical (unpaired) electrons. The van der Waals surface area contributed by atoms with Crippen LogP contribution in [0.15, 0.2) is 60.7 Å². The topological polar surface area (TPSA) is 155 Å². The first-order chi connectivity index (χ1) is 25.0. The van der Waals surface area contributed by atoms with Gasteiger partial charge < -0.3 is 34.8 Å². The molecule has 0 aliphatic carbocycles. The van der Waals surface area contributed by atoms with Gasteiger partial charge in [-0.2, -0.15) is 0 Å². The molecule has 2 aromatic rings. The predicted octanol–water partition coefficient (Wildman–Crippen LogP) is 4.08. The van der Waals surface area contributed by atoms with Gasteiger partial charge in [-0.3, -0.25) is 24.0 Å². The number of alkyl carbamates (subject to hydrolysis) is 1. The summed E-state index contributed by atoms with van der Waals surface area (Å²) in [6.07, 6.45) is 1.59. The van der Waals surface area contributed by atoms with Crippen molar-refractivity contribution >= 4 is 35.7 Å².